The van der Waals surface area contributed by atoms with Gasteiger partial charge in [0.05, 0.1) is 25.9 Å². The number of carbonyl (C=O) groups excluding carboxylic acids is 3. The number of hydrogen-bond donors (Lipinski definition) is 1. The largest absolute Gasteiger partial charge is 0.507 e. The van der Waals surface area contributed by atoms with E-state index in [0.717, 1.165) is 0 Å². The number of hydrogen-bond acceptors (Lipinski definition) is 6. The first-order chi connectivity index (χ1) is 13.0. The van der Waals surface area contributed by atoms with E-state index in [1.54, 1.807) is 11.0 Å². The van der Waals surface area contributed by atoms with Crippen LogP contribution in [0.1, 0.15) is 10.4 Å². The zero-order valence-corrected chi connectivity index (χ0v) is 15.2. The van der Waals surface area contributed by atoms with Gasteiger partial charge in [0.2, 0.25) is 0 Å². The number of ether oxygens (including phenoxy) is 2. The fraction of sp³-hybridized carbons (Fsp3) is 0.500. The predicted octanol–water partition coefficient (Wildman–Crippen LogP) is -0.456. The minimum absolute atomic E-state index is 0.152. The molecule has 1 N–H and O–H groups in total. The number of amides is 3. The molecule has 0 unspecified atom stereocenters. The van der Waals surface area contributed by atoms with Crippen LogP contribution in [0.4, 0.5) is 0 Å². The van der Waals surface area contributed by atoms with E-state index < -0.39 is 11.8 Å². The molecule has 0 bridgehead atoms. The topological polar surface area (TPSA) is 99.6 Å². The normalized spacial score (nSPS) is 17.6. The third-order valence-electron chi connectivity index (χ3n) is 4.77. The minimum atomic E-state index is -0.545. The molecule has 0 spiro atoms. The van der Waals surface area contributed by atoms with Crippen LogP contribution in [0, 0.1) is 0 Å². The second-order valence-corrected chi connectivity index (χ2v) is 6.37. The Hall–Kier alpha value is -2.81. The Kier molecular flexibility index (Phi) is 5.80. The van der Waals surface area contributed by atoms with Crippen molar-refractivity contribution in [3.63, 3.8) is 0 Å². The maximum absolute atomic E-state index is 12.6. The number of morpholine rings is 1. The highest BCUT2D eigenvalue weighted by Crippen LogP contribution is 2.25. The third-order valence-corrected chi connectivity index (χ3v) is 4.77. The van der Waals surface area contributed by atoms with Gasteiger partial charge in [-0.1, -0.05) is 0 Å². The fourth-order valence-corrected chi connectivity index (χ4v) is 3.14. The van der Waals surface area contributed by atoms with Gasteiger partial charge in [-0.3, -0.25) is 14.4 Å². The van der Waals surface area contributed by atoms with Gasteiger partial charge in [-0.2, -0.15) is 0 Å². The Morgan fingerprint density at radius 2 is 1.48 bits per heavy atom. The summed E-state index contributed by atoms with van der Waals surface area (Å²) < 4.78 is 10.2. The van der Waals surface area contributed by atoms with E-state index in [0.29, 0.717) is 45.1 Å². The van der Waals surface area contributed by atoms with Crippen molar-refractivity contribution < 1.29 is 29.0 Å². The van der Waals surface area contributed by atoms with Crippen LogP contribution in [0.2, 0.25) is 0 Å². The molecule has 0 atom stereocenters. The molecule has 0 radical (unpaired) electrons. The molecule has 9 heteroatoms. The molecular formula is C18H23N3O6. The number of phenolic OH excluding ortho intramolecular Hbond substituents is 1. The summed E-state index contributed by atoms with van der Waals surface area (Å²) in [4.78, 5) is 41.8. The van der Waals surface area contributed by atoms with E-state index in [9.17, 15) is 19.5 Å². The van der Waals surface area contributed by atoms with E-state index in [1.807, 2.05) is 0 Å². The molecule has 2 aliphatic rings. The lowest BCUT2D eigenvalue weighted by Crippen LogP contribution is -2.55. The van der Waals surface area contributed by atoms with E-state index in [1.165, 1.54) is 29.0 Å². The van der Waals surface area contributed by atoms with Gasteiger partial charge in [-0.25, -0.2) is 0 Å². The Morgan fingerprint density at radius 1 is 0.926 bits per heavy atom. The van der Waals surface area contributed by atoms with Crippen LogP contribution in [0.25, 0.3) is 0 Å². The maximum atomic E-state index is 12.6. The quantitative estimate of drug-likeness (QED) is 0.701. The summed E-state index contributed by atoms with van der Waals surface area (Å²) >= 11 is 0. The summed E-state index contributed by atoms with van der Waals surface area (Å²) in [6.07, 6.45) is 0. The summed E-state index contributed by atoms with van der Waals surface area (Å²) in [7, 11) is 1.48. The molecule has 2 saturated heterocycles. The Morgan fingerprint density at radius 3 is 2.04 bits per heavy atom. The van der Waals surface area contributed by atoms with Gasteiger partial charge in [0.15, 0.2) is 0 Å². The van der Waals surface area contributed by atoms with Crippen molar-refractivity contribution in [2.45, 2.75) is 0 Å². The van der Waals surface area contributed by atoms with Crippen LogP contribution < -0.4 is 4.74 Å². The maximum Gasteiger partial charge on any atom is 0.312 e. The van der Waals surface area contributed by atoms with Crippen LogP contribution >= 0.6 is 0 Å². The SMILES string of the molecule is COc1ccc(C(=O)N2CCN(C(=O)C(=O)N3CCOCC3)CC2)c(O)c1. The zero-order chi connectivity index (χ0) is 19.4. The van der Waals surface area contributed by atoms with Crippen molar-refractivity contribution in [3.8, 4) is 11.5 Å². The highest BCUT2D eigenvalue weighted by molar-refractivity contribution is 6.34. The van der Waals surface area contributed by atoms with Crippen molar-refractivity contribution in [1.29, 1.82) is 0 Å². The first-order valence-electron chi connectivity index (χ1n) is 8.83. The highest BCUT2D eigenvalue weighted by Gasteiger charge is 2.32. The molecule has 1 aromatic rings. The van der Waals surface area contributed by atoms with Crippen LogP contribution in [0.5, 0.6) is 11.5 Å². The molecule has 27 heavy (non-hydrogen) atoms. The summed E-state index contributed by atoms with van der Waals surface area (Å²) in [5.74, 6) is -1.08. The zero-order valence-electron chi connectivity index (χ0n) is 15.2. The summed E-state index contributed by atoms with van der Waals surface area (Å²) in [6.45, 7) is 2.85. The Labute approximate surface area is 157 Å². The van der Waals surface area contributed by atoms with Crippen molar-refractivity contribution in [3.05, 3.63) is 23.8 Å². The summed E-state index contributed by atoms with van der Waals surface area (Å²) in [5, 5.41) is 10.0. The number of nitrogens with zero attached hydrogens (tertiary/aromatic N) is 3. The van der Waals surface area contributed by atoms with Crippen LogP contribution in [-0.2, 0) is 14.3 Å². The lowest BCUT2D eigenvalue weighted by molar-refractivity contribution is -0.154. The first-order valence-corrected chi connectivity index (χ1v) is 8.83. The predicted molar refractivity (Wildman–Crippen MR) is 94.5 cm³/mol. The third kappa shape index (κ3) is 4.13. The molecular weight excluding hydrogens is 354 g/mol. The van der Waals surface area contributed by atoms with Crippen LogP contribution in [0.3, 0.4) is 0 Å². The van der Waals surface area contributed by atoms with Gasteiger partial charge in [-0.05, 0) is 12.1 Å². The molecule has 9 nitrogen and oxygen atoms in total. The molecule has 3 rings (SSSR count). The standard InChI is InChI=1S/C18H23N3O6/c1-26-13-2-3-14(15(22)12-13)16(23)19-4-6-20(7-5-19)17(24)18(25)21-8-10-27-11-9-21/h2-3,12,22H,4-11H2,1H3. The van der Waals surface area contributed by atoms with Gasteiger partial charge >= 0.3 is 11.8 Å². The minimum Gasteiger partial charge on any atom is -0.507 e. The highest BCUT2D eigenvalue weighted by atomic mass is 16.5. The number of piperazine rings is 1. The lowest BCUT2D eigenvalue weighted by atomic mass is 10.1. The molecule has 0 aromatic heterocycles. The monoisotopic (exact) mass is 377 g/mol. The second kappa shape index (κ2) is 8.26. The van der Waals surface area contributed by atoms with Gasteiger partial charge in [0.25, 0.3) is 5.91 Å². The van der Waals surface area contributed by atoms with Crippen LogP contribution in [-0.4, -0.2) is 97.1 Å². The summed E-state index contributed by atoms with van der Waals surface area (Å²) in [6, 6.07) is 4.50. The average Bonchev–Trinajstić information content (AvgIpc) is 2.72. The van der Waals surface area contributed by atoms with Gasteiger partial charge in [-0.15, -0.1) is 0 Å². The molecule has 0 aliphatic carbocycles. The van der Waals surface area contributed by atoms with E-state index >= 15 is 0 Å². The smallest absolute Gasteiger partial charge is 0.312 e. The average molecular weight is 377 g/mol. The number of carbonyl (C=O) groups is 3. The number of benzene rings is 1. The number of methoxy groups -OCH3 is 1. The van der Waals surface area contributed by atoms with Gasteiger partial charge < -0.3 is 29.3 Å². The molecule has 146 valence electrons. The molecule has 0 saturated carbocycles. The molecule has 1 aromatic carbocycles. The summed E-state index contributed by atoms with van der Waals surface area (Å²) in [5.41, 5.74) is 0.181. The number of rotatable bonds is 2. The van der Waals surface area contributed by atoms with E-state index in [-0.39, 0.29) is 30.3 Å². The van der Waals surface area contributed by atoms with Crippen molar-refractivity contribution in [2.24, 2.45) is 0 Å². The first kappa shape index (κ1) is 19.0. The van der Waals surface area contributed by atoms with Gasteiger partial charge in [0, 0.05) is 45.3 Å². The second-order valence-electron chi connectivity index (χ2n) is 6.37. The van der Waals surface area contributed by atoms with Crippen LogP contribution in [0.15, 0.2) is 18.2 Å². The molecule has 2 fully saturated rings. The lowest BCUT2D eigenvalue weighted by Gasteiger charge is -2.36. The Balaban J connectivity index is 1.57. The molecule has 2 aliphatic heterocycles. The molecule has 3 amide bonds. The van der Waals surface area contributed by atoms with Crippen molar-refractivity contribution in [2.75, 3.05) is 59.6 Å². The van der Waals surface area contributed by atoms with E-state index in [4.69, 9.17) is 9.47 Å². The van der Waals surface area contributed by atoms with Crippen molar-refractivity contribution in [1.82, 2.24) is 14.7 Å². The molecule has 2 heterocycles. The van der Waals surface area contributed by atoms with Gasteiger partial charge in [0.1, 0.15) is 11.5 Å². The van der Waals surface area contributed by atoms with E-state index in [2.05, 4.69) is 0 Å². The Bertz CT molecular complexity index is 724. The number of aromatic hydroxyl groups is 1. The number of phenols is 1. The van der Waals surface area contributed by atoms with Crippen molar-refractivity contribution >= 4 is 17.7 Å². The fourth-order valence-electron chi connectivity index (χ4n) is 3.14.